The fourth-order valence-corrected chi connectivity index (χ4v) is 1.59. The van der Waals surface area contributed by atoms with Gasteiger partial charge < -0.3 is 9.64 Å². The minimum absolute atomic E-state index is 0.0156. The second kappa shape index (κ2) is 7.80. The van der Waals surface area contributed by atoms with Gasteiger partial charge in [0.2, 0.25) is 0 Å². The highest BCUT2D eigenvalue weighted by atomic mass is 16.5. The van der Waals surface area contributed by atoms with Gasteiger partial charge in [-0.05, 0) is 25.9 Å². The third-order valence-corrected chi connectivity index (χ3v) is 2.22. The van der Waals surface area contributed by atoms with E-state index in [9.17, 15) is 4.79 Å². The highest BCUT2D eigenvalue weighted by Crippen LogP contribution is 2.03. The number of carbonyl (C=O) groups is 1. The molecule has 0 aromatic carbocycles. The predicted molar refractivity (Wildman–Crippen MR) is 58.2 cm³/mol. The Hall–Kier alpha value is -0.570. The van der Waals surface area contributed by atoms with Gasteiger partial charge in [0.15, 0.2) is 0 Å². The molecule has 0 rings (SSSR count). The summed E-state index contributed by atoms with van der Waals surface area (Å²) in [7, 11) is 1.45. The molecular formula is C11H23NO2. The molecular weight excluding hydrogens is 178 g/mol. The van der Waals surface area contributed by atoms with Crippen LogP contribution in [-0.2, 0) is 9.53 Å². The summed E-state index contributed by atoms with van der Waals surface area (Å²) in [5.41, 5.74) is 0. The van der Waals surface area contributed by atoms with Crippen LogP contribution in [0.25, 0.3) is 0 Å². The van der Waals surface area contributed by atoms with Crippen LogP contribution in [0.3, 0.4) is 0 Å². The van der Waals surface area contributed by atoms with E-state index >= 15 is 0 Å². The van der Waals surface area contributed by atoms with Crippen LogP contribution in [0, 0.1) is 5.92 Å². The molecule has 14 heavy (non-hydrogen) atoms. The highest BCUT2D eigenvalue weighted by Gasteiger charge is 2.16. The fraction of sp³-hybridized carbons (Fsp3) is 0.909. The first-order chi connectivity index (χ1) is 6.65. The van der Waals surface area contributed by atoms with Crippen molar-refractivity contribution >= 4 is 5.97 Å². The van der Waals surface area contributed by atoms with Gasteiger partial charge in [0.1, 0.15) is 0 Å². The molecule has 0 aromatic heterocycles. The lowest BCUT2D eigenvalue weighted by molar-refractivity contribution is -0.145. The predicted octanol–water partition coefficient (Wildman–Crippen LogP) is 1.92. The molecule has 0 saturated heterocycles. The number of hydrogen-bond donors (Lipinski definition) is 0. The number of carbonyl (C=O) groups excluding carboxylic acids is 1. The Kier molecular flexibility index (Phi) is 7.48. The average Bonchev–Trinajstić information content (AvgIpc) is 2.17. The molecule has 3 heteroatoms. The van der Waals surface area contributed by atoms with E-state index in [-0.39, 0.29) is 11.9 Å². The monoisotopic (exact) mass is 201 g/mol. The van der Waals surface area contributed by atoms with Crippen molar-refractivity contribution < 1.29 is 9.53 Å². The molecule has 0 radical (unpaired) electrons. The average molecular weight is 201 g/mol. The number of methoxy groups -OCH3 is 1. The van der Waals surface area contributed by atoms with E-state index in [2.05, 4.69) is 18.7 Å². The van der Waals surface area contributed by atoms with E-state index < -0.39 is 0 Å². The minimum atomic E-state index is -0.109. The molecule has 0 N–H and O–H groups in total. The molecule has 0 amide bonds. The number of rotatable bonds is 7. The van der Waals surface area contributed by atoms with Crippen LogP contribution in [0.15, 0.2) is 0 Å². The van der Waals surface area contributed by atoms with Crippen LogP contribution in [0.2, 0.25) is 0 Å². The van der Waals surface area contributed by atoms with Gasteiger partial charge in [-0.15, -0.1) is 0 Å². The normalized spacial score (nSPS) is 12.9. The van der Waals surface area contributed by atoms with Gasteiger partial charge in [0, 0.05) is 6.54 Å². The summed E-state index contributed by atoms with van der Waals surface area (Å²) in [6.07, 6.45) is 2.27. The van der Waals surface area contributed by atoms with Gasteiger partial charge >= 0.3 is 5.97 Å². The van der Waals surface area contributed by atoms with E-state index in [0.29, 0.717) is 0 Å². The highest BCUT2D eigenvalue weighted by molar-refractivity contribution is 5.72. The lowest BCUT2D eigenvalue weighted by atomic mass is 10.1. The van der Waals surface area contributed by atoms with E-state index in [1.807, 2.05) is 6.92 Å². The smallest absolute Gasteiger partial charge is 0.309 e. The summed E-state index contributed by atoms with van der Waals surface area (Å²) in [6.45, 7) is 9.18. The molecule has 0 heterocycles. The summed E-state index contributed by atoms with van der Waals surface area (Å²) in [5, 5.41) is 0. The van der Waals surface area contributed by atoms with Crippen LogP contribution in [0.5, 0.6) is 0 Å². The Morgan fingerprint density at radius 1 is 1.29 bits per heavy atom. The van der Waals surface area contributed by atoms with Crippen molar-refractivity contribution in [3.8, 4) is 0 Å². The van der Waals surface area contributed by atoms with Gasteiger partial charge in [-0.25, -0.2) is 0 Å². The molecule has 0 saturated carbocycles. The maximum atomic E-state index is 11.2. The summed E-state index contributed by atoms with van der Waals surface area (Å²) >= 11 is 0. The minimum Gasteiger partial charge on any atom is -0.469 e. The Morgan fingerprint density at radius 2 is 1.79 bits per heavy atom. The van der Waals surface area contributed by atoms with Crippen molar-refractivity contribution in [2.45, 2.75) is 33.6 Å². The molecule has 0 aromatic rings. The van der Waals surface area contributed by atoms with Gasteiger partial charge in [-0.1, -0.05) is 20.8 Å². The molecule has 0 fully saturated rings. The zero-order valence-electron chi connectivity index (χ0n) is 9.88. The van der Waals surface area contributed by atoms with E-state index in [1.165, 1.54) is 7.11 Å². The van der Waals surface area contributed by atoms with Gasteiger partial charge in [0.05, 0.1) is 13.0 Å². The summed E-state index contributed by atoms with van der Waals surface area (Å²) in [4.78, 5) is 13.5. The molecule has 0 spiro atoms. The molecule has 3 nitrogen and oxygen atoms in total. The molecule has 0 aliphatic heterocycles. The Morgan fingerprint density at radius 3 is 2.14 bits per heavy atom. The maximum Gasteiger partial charge on any atom is 0.309 e. The zero-order valence-corrected chi connectivity index (χ0v) is 9.88. The van der Waals surface area contributed by atoms with Gasteiger partial charge in [-0.3, -0.25) is 4.79 Å². The molecule has 84 valence electrons. The SMILES string of the molecule is CCCN(CCC)CC(C)C(=O)OC. The topological polar surface area (TPSA) is 29.5 Å². The zero-order chi connectivity index (χ0) is 11.0. The first kappa shape index (κ1) is 13.4. The molecule has 1 unspecified atom stereocenters. The Labute approximate surface area is 87.4 Å². The first-order valence-electron chi connectivity index (χ1n) is 5.45. The van der Waals surface area contributed by atoms with Crippen LogP contribution < -0.4 is 0 Å². The van der Waals surface area contributed by atoms with Gasteiger partial charge in [0.25, 0.3) is 0 Å². The van der Waals surface area contributed by atoms with E-state index in [1.54, 1.807) is 0 Å². The van der Waals surface area contributed by atoms with Crippen molar-refractivity contribution in [2.75, 3.05) is 26.7 Å². The van der Waals surface area contributed by atoms with Crippen molar-refractivity contribution in [1.29, 1.82) is 0 Å². The number of ether oxygens (including phenoxy) is 1. The third-order valence-electron chi connectivity index (χ3n) is 2.22. The summed E-state index contributed by atoms with van der Waals surface area (Å²) < 4.78 is 4.70. The molecule has 1 atom stereocenters. The van der Waals surface area contributed by atoms with Crippen LogP contribution in [0.1, 0.15) is 33.6 Å². The molecule has 0 aliphatic rings. The number of nitrogens with zero attached hydrogens (tertiary/aromatic N) is 1. The summed E-state index contributed by atoms with van der Waals surface area (Å²) in [5.74, 6) is -0.125. The lowest BCUT2D eigenvalue weighted by Crippen LogP contribution is -2.33. The summed E-state index contributed by atoms with van der Waals surface area (Å²) in [6, 6.07) is 0. The molecule has 0 bridgehead atoms. The van der Waals surface area contributed by atoms with E-state index in [4.69, 9.17) is 4.74 Å². The largest absolute Gasteiger partial charge is 0.469 e. The van der Waals surface area contributed by atoms with Crippen molar-refractivity contribution in [2.24, 2.45) is 5.92 Å². The second-order valence-electron chi connectivity index (χ2n) is 3.72. The Balaban J connectivity index is 3.94. The fourth-order valence-electron chi connectivity index (χ4n) is 1.59. The quantitative estimate of drug-likeness (QED) is 0.589. The second-order valence-corrected chi connectivity index (χ2v) is 3.72. The van der Waals surface area contributed by atoms with Crippen LogP contribution in [0.4, 0.5) is 0 Å². The number of esters is 1. The Bertz CT molecular complexity index is 153. The lowest BCUT2D eigenvalue weighted by Gasteiger charge is -2.23. The maximum absolute atomic E-state index is 11.2. The van der Waals surface area contributed by atoms with Gasteiger partial charge in [-0.2, -0.15) is 0 Å². The first-order valence-corrected chi connectivity index (χ1v) is 5.45. The molecule has 0 aliphatic carbocycles. The number of hydrogen-bond acceptors (Lipinski definition) is 3. The van der Waals surface area contributed by atoms with Crippen molar-refractivity contribution in [1.82, 2.24) is 4.90 Å². The van der Waals surface area contributed by atoms with Crippen LogP contribution in [-0.4, -0.2) is 37.6 Å². The standard InChI is InChI=1S/C11H23NO2/c1-5-7-12(8-6-2)9-10(3)11(13)14-4/h10H,5-9H2,1-4H3. The van der Waals surface area contributed by atoms with Crippen LogP contribution >= 0.6 is 0 Å². The third kappa shape index (κ3) is 5.22. The van der Waals surface area contributed by atoms with Crippen molar-refractivity contribution in [3.05, 3.63) is 0 Å². The van der Waals surface area contributed by atoms with E-state index in [0.717, 1.165) is 32.5 Å². The van der Waals surface area contributed by atoms with Crippen molar-refractivity contribution in [3.63, 3.8) is 0 Å².